The quantitative estimate of drug-likeness (QED) is 0.519. The predicted octanol–water partition coefficient (Wildman–Crippen LogP) is 5.26. The molecular weight excluding hydrogens is 449 g/mol. The van der Waals surface area contributed by atoms with Gasteiger partial charge in [-0.05, 0) is 49.7 Å². The zero-order chi connectivity index (χ0) is 20.9. The smallest absolute Gasteiger partial charge is 0.305 e. The SMILES string of the molecule is Cc1cc(-c2cnn3c2C(=O)N(c2ccc(C(F)(F)F)c(Br)c2)C[C@@H]3C)ccn1. The van der Waals surface area contributed by atoms with E-state index in [9.17, 15) is 18.0 Å². The van der Waals surface area contributed by atoms with Gasteiger partial charge in [0.1, 0.15) is 5.69 Å². The first kappa shape index (κ1) is 19.6. The van der Waals surface area contributed by atoms with Gasteiger partial charge in [-0.15, -0.1) is 0 Å². The number of fused-ring (bicyclic) bond motifs is 1. The summed E-state index contributed by atoms with van der Waals surface area (Å²) >= 11 is 2.99. The van der Waals surface area contributed by atoms with Gasteiger partial charge in [-0.1, -0.05) is 15.9 Å². The summed E-state index contributed by atoms with van der Waals surface area (Å²) in [6, 6.07) is 7.16. The van der Waals surface area contributed by atoms with Gasteiger partial charge in [-0.3, -0.25) is 14.5 Å². The molecule has 1 atom stereocenters. The van der Waals surface area contributed by atoms with Crippen LogP contribution in [0.5, 0.6) is 0 Å². The van der Waals surface area contributed by atoms with Gasteiger partial charge in [0.2, 0.25) is 0 Å². The second kappa shape index (κ2) is 6.98. The number of halogens is 4. The molecular formula is C20H16BrF3N4O. The second-order valence-electron chi connectivity index (χ2n) is 6.96. The van der Waals surface area contributed by atoms with Gasteiger partial charge >= 0.3 is 6.18 Å². The molecule has 0 radical (unpaired) electrons. The average Bonchev–Trinajstić information content (AvgIpc) is 3.09. The van der Waals surface area contributed by atoms with Crippen LogP contribution in [0.25, 0.3) is 11.1 Å². The van der Waals surface area contributed by atoms with Crippen LogP contribution >= 0.6 is 15.9 Å². The Balaban J connectivity index is 1.77. The molecule has 1 aliphatic rings. The number of carbonyl (C=O) groups excluding carboxylic acids is 1. The zero-order valence-electron chi connectivity index (χ0n) is 15.5. The Morgan fingerprint density at radius 3 is 2.62 bits per heavy atom. The van der Waals surface area contributed by atoms with Crippen LogP contribution in [0.3, 0.4) is 0 Å². The normalized spacial score (nSPS) is 16.8. The number of alkyl halides is 3. The molecule has 0 saturated carbocycles. The zero-order valence-corrected chi connectivity index (χ0v) is 17.1. The Hall–Kier alpha value is -2.68. The van der Waals surface area contributed by atoms with E-state index in [0.29, 0.717) is 23.5 Å². The van der Waals surface area contributed by atoms with Gasteiger partial charge in [0, 0.05) is 34.2 Å². The maximum Gasteiger partial charge on any atom is 0.417 e. The van der Waals surface area contributed by atoms with E-state index >= 15 is 0 Å². The van der Waals surface area contributed by atoms with E-state index in [2.05, 4.69) is 26.0 Å². The fourth-order valence-corrected chi connectivity index (χ4v) is 4.10. The lowest BCUT2D eigenvalue weighted by Gasteiger charge is -2.32. The minimum atomic E-state index is -4.47. The maximum absolute atomic E-state index is 13.3. The number of amides is 1. The van der Waals surface area contributed by atoms with Crippen molar-refractivity contribution in [1.82, 2.24) is 14.8 Å². The molecule has 29 heavy (non-hydrogen) atoms. The van der Waals surface area contributed by atoms with Crippen molar-refractivity contribution < 1.29 is 18.0 Å². The molecule has 0 fully saturated rings. The van der Waals surface area contributed by atoms with Crippen LogP contribution in [-0.4, -0.2) is 27.2 Å². The van der Waals surface area contributed by atoms with Crippen molar-refractivity contribution >= 4 is 27.5 Å². The van der Waals surface area contributed by atoms with Crippen molar-refractivity contribution in [3.05, 3.63) is 64.1 Å². The fourth-order valence-electron chi connectivity index (χ4n) is 3.51. The van der Waals surface area contributed by atoms with E-state index in [1.165, 1.54) is 17.0 Å². The largest absolute Gasteiger partial charge is 0.417 e. The molecule has 5 nitrogen and oxygen atoms in total. The molecule has 4 rings (SSSR count). The third-order valence-electron chi connectivity index (χ3n) is 4.88. The molecule has 0 bridgehead atoms. The van der Waals surface area contributed by atoms with Crippen molar-refractivity contribution in [3.63, 3.8) is 0 Å². The minimum Gasteiger partial charge on any atom is -0.305 e. The molecule has 3 aromatic rings. The highest BCUT2D eigenvalue weighted by Gasteiger charge is 2.36. The first-order chi connectivity index (χ1) is 13.7. The molecule has 0 N–H and O–H groups in total. The number of rotatable bonds is 2. The highest BCUT2D eigenvalue weighted by atomic mass is 79.9. The third-order valence-corrected chi connectivity index (χ3v) is 5.54. The molecule has 150 valence electrons. The van der Waals surface area contributed by atoms with Crippen LogP contribution in [0.4, 0.5) is 18.9 Å². The van der Waals surface area contributed by atoms with Crippen molar-refractivity contribution in [3.8, 4) is 11.1 Å². The highest BCUT2D eigenvalue weighted by molar-refractivity contribution is 9.10. The molecule has 1 aromatic carbocycles. The Bertz CT molecular complexity index is 1110. The molecule has 3 heterocycles. The Morgan fingerprint density at radius 1 is 1.21 bits per heavy atom. The van der Waals surface area contributed by atoms with Crippen LogP contribution in [0.1, 0.15) is 34.7 Å². The number of aryl methyl sites for hydroxylation is 1. The van der Waals surface area contributed by atoms with Gasteiger partial charge in [0.15, 0.2) is 0 Å². The number of hydrogen-bond acceptors (Lipinski definition) is 3. The summed E-state index contributed by atoms with van der Waals surface area (Å²) in [6.45, 7) is 4.08. The van der Waals surface area contributed by atoms with Crippen LogP contribution in [0.2, 0.25) is 0 Å². The molecule has 1 aliphatic heterocycles. The Kier molecular flexibility index (Phi) is 4.72. The van der Waals surface area contributed by atoms with E-state index in [0.717, 1.165) is 17.3 Å². The first-order valence-electron chi connectivity index (χ1n) is 8.86. The number of pyridine rings is 1. The molecule has 0 saturated heterocycles. The maximum atomic E-state index is 13.3. The number of hydrogen-bond donors (Lipinski definition) is 0. The fraction of sp³-hybridized carbons (Fsp3) is 0.250. The van der Waals surface area contributed by atoms with Gasteiger partial charge in [0.05, 0.1) is 17.8 Å². The van der Waals surface area contributed by atoms with Crippen molar-refractivity contribution in [2.24, 2.45) is 0 Å². The Labute approximate surface area is 173 Å². The predicted molar refractivity (Wildman–Crippen MR) is 106 cm³/mol. The molecule has 1 amide bonds. The van der Waals surface area contributed by atoms with Gasteiger partial charge in [0.25, 0.3) is 5.91 Å². The Morgan fingerprint density at radius 2 is 1.97 bits per heavy atom. The summed E-state index contributed by atoms with van der Waals surface area (Å²) in [6.07, 6.45) is -1.16. The molecule has 2 aromatic heterocycles. The number of aromatic nitrogens is 3. The number of benzene rings is 1. The van der Waals surface area contributed by atoms with Gasteiger partial charge in [-0.2, -0.15) is 18.3 Å². The highest BCUT2D eigenvalue weighted by Crippen LogP contribution is 2.38. The molecule has 0 aliphatic carbocycles. The van der Waals surface area contributed by atoms with Crippen LogP contribution in [-0.2, 0) is 6.18 Å². The van der Waals surface area contributed by atoms with Crippen LogP contribution < -0.4 is 4.90 Å². The van der Waals surface area contributed by atoms with E-state index in [4.69, 9.17) is 0 Å². The van der Waals surface area contributed by atoms with Crippen molar-refractivity contribution in [2.45, 2.75) is 26.1 Å². The standard InChI is InChI=1S/C20H16BrF3N4O/c1-11-7-13(5-6-25-11)15-9-26-28-12(2)10-27(19(29)18(15)28)14-3-4-16(17(21)8-14)20(22,23)24/h3-9,12H,10H2,1-2H3/t12-/m0/s1. The number of anilines is 1. The minimum absolute atomic E-state index is 0.105. The van der Waals surface area contributed by atoms with E-state index in [1.807, 2.05) is 19.9 Å². The summed E-state index contributed by atoms with van der Waals surface area (Å²) in [5.41, 5.74) is 2.31. The summed E-state index contributed by atoms with van der Waals surface area (Å²) < 4.78 is 40.8. The van der Waals surface area contributed by atoms with Crippen molar-refractivity contribution in [1.29, 1.82) is 0 Å². The van der Waals surface area contributed by atoms with Gasteiger partial charge in [-0.25, -0.2) is 0 Å². The summed E-state index contributed by atoms with van der Waals surface area (Å²) in [4.78, 5) is 19.0. The van der Waals surface area contributed by atoms with E-state index in [1.54, 1.807) is 23.1 Å². The summed E-state index contributed by atoms with van der Waals surface area (Å²) in [5.74, 6) is -0.309. The average molecular weight is 465 g/mol. The monoisotopic (exact) mass is 464 g/mol. The summed E-state index contributed by atoms with van der Waals surface area (Å²) in [7, 11) is 0. The second-order valence-corrected chi connectivity index (χ2v) is 7.82. The summed E-state index contributed by atoms with van der Waals surface area (Å²) in [5, 5.41) is 4.38. The topological polar surface area (TPSA) is 51.0 Å². The van der Waals surface area contributed by atoms with Crippen molar-refractivity contribution in [2.75, 3.05) is 11.4 Å². The lowest BCUT2D eigenvalue weighted by Crippen LogP contribution is -2.42. The lowest BCUT2D eigenvalue weighted by molar-refractivity contribution is -0.138. The van der Waals surface area contributed by atoms with E-state index < -0.39 is 11.7 Å². The van der Waals surface area contributed by atoms with Crippen LogP contribution in [0, 0.1) is 6.92 Å². The number of carbonyl (C=O) groups is 1. The molecule has 9 heteroatoms. The third kappa shape index (κ3) is 3.43. The molecule has 0 unspecified atom stereocenters. The first-order valence-corrected chi connectivity index (χ1v) is 9.65. The number of nitrogens with zero attached hydrogens (tertiary/aromatic N) is 4. The van der Waals surface area contributed by atoms with E-state index in [-0.39, 0.29) is 16.4 Å². The molecule has 0 spiro atoms. The van der Waals surface area contributed by atoms with Crippen LogP contribution in [0.15, 0.2) is 47.2 Å². The lowest BCUT2D eigenvalue weighted by atomic mass is 10.0. The van der Waals surface area contributed by atoms with Gasteiger partial charge < -0.3 is 4.90 Å².